The molecule has 0 bridgehead atoms. The molecule has 9 heteroatoms. The van der Waals surface area contributed by atoms with E-state index in [9.17, 15) is 14.4 Å². The highest BCUT2D eigenvalue weighted by Crippen LogP contribution is 2.21. The lowest BCUT2D eigenvalue weighted by molar-refractivity contribution is -0.137. The Hall–Kier alpha value is -3.85. The van der Waals surface area contributed by atoms with E-state index < -0.39 is 23.6 Å². The summed E-state index contributed by atoms with van der Waals surface area (Å²) in [5.41, 5.74) is 8.27. The zero-order chi connectivity index (χ0) is 21.1. The summed E-state index contributed by atoms with van der Waals surface area (Å²) in [5, 5.41) is 7.99. The molecule has 0 spiro atoms. The van der Waals surface area contributed by atoms with Gasteiger partial charge in [-0.3, -0.25) is 14.4 Å². The minimum Gasteiger partial charge on any atom is -0.363 e. The third kappa shape index (κ3) is 3.96. The van der Waals surface area contributed by atoms with Gasteiger partial charge in [-0.25, -0.2) is 9.67 Å². The number of nitrogens with zero attached hydrogens (tertiary/aromatic N) is 3. The number of Topliss-reactive ketones (excluding diaryl/α,β-unsaturated/α-hetero) is 1. The molecule has 0 saturated carbocycles. The van der Waals surface area contributed by atoms with Gasteiger partial charge in [-0.15, -0.1) is 11.3 Å². The summed E-state index contributed by atoms with van der Waals surface area (Å²) in [5.74, 6) is -2.14. The summed E-state index contributed by atoms with van der Waals surface area (Å²) in [4.78, 5) is 41.3. The van der Waals surface area contributed by atoms with Crippen molar-refractivity contribution in [1.82, 2.24) is 20.1 Å². The number of carbonyl (C=O) groups excluding carboxylic acids is 3. The van der Waals surface area contributed by atoms with Crippen LogP contribution in [0.5, 0.6) is 0 Å². The lowest BCUT2D eigenvalue weighted by atomic mass is 10.0. The first-order chi connectivity index (χ1) is 14.5. The van der Waals surface area contributed by atoms with Gasteiger partial charge in [-0.1, -0.05) is 48.5 Å². The van der Waals surface area contributed by atoms with Crippen LogP contribution in [0.2, 0.25) is 0 Å². The number of fused-ring (bicyclic) bond motifs is 1. The molecular weight excluding hydrogens is 402 g/mol. The Balaban J connectivity index is 1.61. The number of carbonyl (C=O) groups is 3. The predicted octanol–water partition coefficient (Wildman–Crippen LogP) is 1.88. The van der Waals surface area contributed by atoms with Crippen LogP contribution in [-0.2, 0) is 16.0 Å². The van der Waals surface area contributed by atoms with Crippen molar-refractivity contribution < 1.29 is 14.4 Å². The maximum absolute atomic E-state index is 13.0. The molecule has 2 heterocycles. The van der Waals surface area contributed by atoms with E-state index in [4.69, 9.17) is 5.73 Å². The van der Waals surface area contributed by atoms with Gasteiger partial charge in [0.05, 0.1) is 11.0 Å². The van der Waals surface area contributed by atoms with Gasteiger partial charge in [-0.05, 0) is 11.6 Å². The summed E-state index contributed by atoms with van der Waals surface area (Å²) in [7, 11) is 0. The summed E-state index contributed by atoms with van der Waals surface area (Å²) < 4.78 is 1.53. The normalized spacial score (nSPS) is 11.9. The molecule has 1 unspecified atom stereocenters. The second kappa shape index (κ2) is 8.26. The lowest BCUT2D eigenvalue weighted by Crippen LogP contribution is -2.47. The molecule has 4 rings (SSSR count). The average Bonchev–Trinajstić information content (AvgIpc) is 3.40. The van der Waals surface area contributed by atoms with Crippen molar-refractivity contribution in [2.45, 2.75) is 12.5 Å². The van der Waals surface area contributed by atoms with Gasteiger partial charge in [0.25, 0.3) is 11.8 Å². The standard InChI is InChI=1S/C21H17N5O3S/c22-19(28)17(27)16(10-13-6-2-1-3-7-13)24-21(29)18-20(23-12-30-18)26-11-14-8-4-5-9-15(14)25-26/h1-9,11-12,16H,10H2,(H2,22,28)(H,24,29). The van der Waals surface area contributed by atoms with Crippen molar-refractivity contribution in [2.75, 3.05) is 0 Å². The van der Waals surface area contributed by atoms with Gasteiger partial charge in [0, 0.05) is 18.0 Å². The zero-order valence-corrected chi connectivity index (χ0v) is 16.5. The Morgan fingerprint density at radius 1 is 1.07 bits per heavy atom. The van der Waals surface area contributed by atoms with E-state index in [1.54, 1.807) is 18.3 Å². The van der Waals surface area contributed by atoms with E-state index in [0.29, 0.717) is 5.82 Å². The number of aromatic nitrogens is 3. The molecule has 3 N–H and O–H groups in total. The minimum atomic E-state index is -1.10. The molecule has 4 aromatic rings. The lowest BCUT2D eigenvalue weighted by Gasteiger charge is -2.16. The van der Waals surface area contributed by atoms with Crippen molar-refractivity contribution in [2.24, 2.45) is 5.73 Å². The van der Waals surface area contributed by atoms with E-state index >= 15 is 0 Å². The summed E-state index contributed by atoms with van der Waals surface area (Å²) >= 11 is 1.12. The Labute approximate surface area is 175 Å². The second-order valence-corrected chi connectivity index (χ2v) is 7.44. The molecule has 2 aromatic carbocycles. The van der Waals surface area contributed by atoms with Gasteiger partial charge in [0.15, 0.2) is 5.82 Å². The van der Waals surface area contributed by atoms with Crippen LogP contribution >= 0.6 is 11.3 Å². The van der Waals surface area contributed by atoms with Crippen LogP contribution in [0.15, 0.2) is 66.3 Å². The molecule has 0 saturated heterocycles. The van der Waals surface area contributed by atoms with Crippen molar-refractivity contribution in [3.63, 3.8) is 0 Å². The van der Waals surface area contributed by atoms with E-state index in [-0.39, 0.29) is 11.3 Å². The number of nitrogens with one attached hydrogen (secondary N) is 1. The van der Waals surface area contributed by atoms with Gasteiger partial charge in [0.1, 0.15) is 10.9 Å². The van der Waals surface area contributed by atoms with E-state index in [2.05, 4.69) is 15.4 Å². The maximum atomic E-state index is 13.0. The van der Waals surface area contributed by atoms with E-state index in [0.717, 1.165) is 27.8 Å². The molecule has 0 aliphatic carbocycles. The Morgan fingerprint density at radius 3 is 2.53 bits per heavy atom. The number of rotatable bonds is 7. The van der Waals surface area contributed by atoms with Crippen molar-refractivity contribution >= 4 is 39.8 Å². The van der Waals surface area contributed by atoms with Crippen LogP contribution in [-0.4, -0.2) is 38.4 Å². The molecule has 0 radical (unpaired) electrons. The molecule has 150 valence electrons. The first kappa shape index (κ1) is 19.5. The second-order valence-electron chi connectivity index (χ2n) is 6.58. The van der Waals surface area contributed by atoms with Crippen molar-refractivity contribution in [3.05, 3.63) is 76.7 Å². The van der Waals surface area contributed by atoms with Crippen LogP contribution in [0.3, 0.4) is 0 Å². The highest BCUT2D eigenvalue weighted by atomic mass is 32.1. The summed E-state index contributed by atoms with van der Waals surface area (Å²) in [6, 6.07) is 15.5. The van der Waals surface area contributed by atoms with Crippen LogP contribution in [0, 0.1) is 0 Å². The number of amides is 2. The summed E-state index contributed by atoms with van der Waals surface area (Å²) in [6.45, 7) is 0. The van der Waals surface area contributed by atoms with E-state index in [1.165, 1.54) is 10.2 Å². The number of primary amides is 1. The Morgan fingerprint density at radius 2 is 1.80 bits per heavy atom. The highest BCUT2D eigenvalue weighted by Gasteiger charge is 2.28. The molecular formula is C21H17N5O3S. The molecule has 0 aliphatic heterocycles. The average molecular weight is 419 g/mol. The number of benzene rings is 2. The number of ketones is 1. The number of thiazole rings is 1. The first-order valence-corrected chi connectivity index (χ1v) is 9.97. The fraction of sp³-hybridized carbons (Fsp3) is 0.0952. The summed E-state index contributed by atoms with van der Waals surface area (Å²) in [6.07, 6.45) is 1.92. The minimum absolute atomic E-state index is 0.147. The molecule has 8 nitrogen and oxygen atoms in total. The molecule has 0 fully saturated rings. The predicted molar refractivity (Wildman–Crippen MR) is 112 cm³/mol. The highest BCUT2D eigenvalue weighted by molar-refractivity contribution is 7.12. The zero-order valence-electron chi connectivity index (χ0n) is 15.7. The van der Waals surface area contributed by atoms with Crippen LogP contribution in [0.25, 0.3) is 16.7 Å². The van der Waals surface area contributed by atoms with Gasteiger partial charge in [0.2, 0.25) is 5.78 Å². The Kier molecular flexibility index (Phi) is 5.36. The van der Waals surface area contributed by atoms with Crippen LogP contribution < -0.4 is 11.1 Å². The van der Waals surface area contributed by atoms with Gasteiger partial charge < -0.3 is 11.1 Å². The van der Waals surface area contributed by atoms with Crippen LogP contribution in [0.4, 0.5) is 0 Å². The monoisotopic (exact) mass is 419 g/mol. The SMILES string of the molecule is NC(=O)C(=O)C(Cc1ccccc1)NC(=O)c1scnc1-n1cc2ccccc2n1. The van der Waals surface area contributed by atoms with Gasteiger partial charge >= 0.3 is 0 Å². The molecule has 30 heavy (non-hydrogen) atoms. The van der Waals surface area contributed by atoms with Crippen LogP contribution in [0.1, 0.15) is 15.2 Å². The fourth-order valence-corrected chi connectivity index (χ4v) is 3.76. The smallest absolute Gasteiger partial charge is 0.287 e. The Bertz CT molecular complexity index is 1200. The third-order valence-electron chi connectivity index (χ3n) is 4.53. The van der Waals surface area contributed by atoms with E-state index in [1.807, 2.05) is 42.5 Å². The molecule has 2 aromatic heterocycles. The molecule has 0 aliphatic rings. The number of hydrogen-bond donors (Lipinski definition) is 2. The quantitative estimate of drug-likeness (QED) is 0.443. The maximum Gasteiger partial charge on any atom is 0.287 e. The molecule has 1 atom stereocenters. The molecule has 2 amide bonds. The number of hydrogen-bond acceptors (Lipinski definition) is 6. The third-order valence-corrected chi connectivity index (χ3v) is 5.35. The van der Waals surface area contributed by atoms with Crippen molar-refractivity contribution in [1.29, 1.82) is 0 Å². The number of nitrogens with two attached hydrogens (primary N) is 1. The topological polar surface area (TPSA) is 120 Å². The first-order valence-electron chi connectivity index (χ1n) is 9.09. The van der Waals surface area contributed by atoms with Crippen molar-refractivity contribution in [3.8, 4) is 5.82 Å². The fourth-order valence-electron chi connectivity index (χ4n) is 3.09. The largest absolute Gasteiger partial charge is 0.363 e. The van der Waals surface area contributed by atoms with Gasteiger partial charge in [-0.2, -0.15) is 5.10 Å².